The second-order valence-corrected chi connectivity index (χ2v) is 14.6. The van der Waals surface area contributed by atoms with Crippen molar-refractivity contribution < 1.29 is 0 Å². The Kier molecular flexibility index (Phi) is 9.63. The molecule has 0 saturated carbocycles. The van der Waals surface area contributed by atoms with Gasteiger partial charge in [0, 0.05) is 53.5 Å². The maximum Gasteiger partial charge on any atom is 0.164 e. The minimum atomic E-state index is 0.625. The van der Waals surface area contributed by atoms with Crippen molar-refractivity contribution in [2.45, 2.75) is 33.4 Å². The minimum Gasteiger partial charge on any atom is -0.399 e. The molecule has 8 aromatic rings. The Morgan fingerprint density at radius 1 is 0.500 bits per heavy atom. The number of aromatic nitrogens is 6. The first-order chi connectivity index (χ1) is 26.3. The van der Waals surface area contributed by atoms with Gasteiger partial charge in [0.05, 0.1) is 22.1 Å². The lowest BCUT2D eigenvalue weighted by atomic mass is 10.1. The summed E-state index contributed by atoms with van der Waals surface area (Å²) in [6.45, 7) is 3.89. The molecule has 0 bridgehead atoms. The molecule has 0 amide bonds. The fourth-order valence-electron chi connectivity index (χ4n) is 5.59. The molecule has 0 aliphatic heterocycles. The van der Waals surface area contributed by atoms with Crippen molar-refractivity contribution in [3.63, 3.8) is 0 Å². The van der Waals surface area contributed by atoms with Crippen molar-refractivity contribution in [3.8, 4) is 11.8 Å². The van der Waals surface area contributed by atoms with Gasteiger partial charge in [-0.25, -0.2) is 29.9 Å². The number of nitrogen functional groups attached to an aromatic ring is 2. The zero-order valence-corrected chi connectivity index (χ0v) is 30.8. The lowest BCUT2D eigenvalue weighted by Crippen LogP contribution is -1.99. The van der Waals surface area contributed by atoms with Gasteiger partial charge in [-0.05, 0) is 123 Å². The molecule has 12 heteroatoms. The van der Waals surface area contributed by atoms with Crippen molar-refractivity contribution in [1.29, 1.82) is 0 Å². The van der Waals surface area contributed by atoms with Crippen LogP contribution >= 0.6 is 23.5 Å². The van der Waals surface area contributed by atoms with Gasteiger partial charge in [-0.3, -0.25) is 0 Å². The number of pyridine rings is 2. The molecule has 0 aliphatic rings. The molecule has 54 heavy (non-hydrogen) atoms. The van der Waals surface area contributed by atoms with Crippen LogP contribution in [0.2, 0.25) is 0 Å². The Bertz CT molecular complexity index is 2540. The number of benzene rings is 4. The number of hydrogen-bond acceptors (Lipinski definition) is 12. The Morgan fingerprint density at radius 2 is 0.926 bits per heavy atom. The molecule has 262 valence electrons. The lowest BCUT2D eigenvalue weighted by Gasteiger charge is -2.14. The van der Waals surface area contributed by atoms with Gasteiger partial charge >= 0.3 is 0 Å². The minimum absolute atomic E-state index is 0.625. The second-order valence-electron chi connectivity index (χ2n) is 12.4. The van der Waals surface area contributed by atoms with Crippen LogP contribution in [0.1, 0.15) is 22.5 Å². The van der Waals surface area contributed by atoms with Gasteiger partial charge < -0.3 is 22.1 Å². The van der Waals surface area contributed by atoms with Crippen LogP contribution in [-0.4, -0.2) is 29.9 Å². The number of fused-ring (bicyclic) bond motifs is 2. The number of nitrogens with one attached hydrogen (secondary N) is 2. The number of hydrogen-bond donors (Lipinski definition) is 4. The van der Waals surface area contributed by atoms with E-state index in [1.165, 1.54) is 12.7 Å². The highest BCUT2D eigenvalue weighted by Crippen LogP contribution is 2.38. The van der Waals surface area contributed by atoms with Crippen molar-refractivity contribution in [3.05, 3.63) is 144 Å². The Labute approximate surface area is 320 Å². The summed E-state index contributed by atoms with van der Waals surface area (Å²) in [7, 11) is 0. The van der Waals surface area contributed by atoms with Crippen LogP contribution in [0.3, 0.4) is 0 Å². The summed E-state index contributed by atoms with van der Waals surface area (Å²) < 4.78 is 0. The highest BCUT2D eigenvalue weighted by molar-refractivity contribution is 7.99. The molecule has 0 spiro atoms. The second kappa shape index (κ2) is 15.1. The number of aryl methyl sites for hydroxylation is 2. The summed E-state index contributed by atoms with van der Waals surface area (Å²) >= 11 is 3.25. The monoisotopic (exact) mass is 740 g/mol. The molecular weight excluding hydrogens is 709 g/mol. The summed E-state index contributed by atoms with van der Waals surface area (Å²) in [6, 6.07) is 35.7. The Hall–Kier alpha value is -6.68. The van der Waals surface area contributed by atoms with E-state index in [9.17, 15) is 0 Å². The molecular formula is C42H32N10S2. The van der Waals surface area contributed by atoms with E-state index in [2.05, 4.69) is 64.5 Å². The highest BCUT2D eigenvalue weighted by Gasteiger charge is 2.13. The van der Waals surface area contributed by atoms with Crippen LogP contribution in [0.15, 0.2) is 141 Å². The molecule has 0 radical (unpaired) electrons. The molecule has 0 saturated heterocycles. The Morgan fingerprint density at radius 3 is 1.35 bits per heavy atom. The molecule has 6 N–H and O–H groups in total. The fourth-order valence-corrected chi connectivity index (χ4v) is 7.35. The largest absolute Gasteiger partial charge is 0.399 e. The standard InChI is InChI=1S/C42H32N10S2/c1-25-3-17-33-39(49-25)45-23-47-41(33)51-35-21-27(7-19-37(35)53-31-13-9-29(43)10-14-31)5-6-28-8-20-38(54-32-15-11-30(44)12-16-32)36(22-28)52-42-34-18-4-26(2)50-40(34)46-24-48-42/h3-4,7-24H,43-44H2,1-2H3,(H,45,47,49,51)(H,46,48,50,52). The van der Waals surface area contributed by atoms with Crippen LogP contribution in [0.4, 0.5) is 34.4 Å². The molecule has 10 nitrogen and oxygen atoms in total. The highest BCUT2D eigenvalue weighted by atomic mass is 32.2. The predicted octanol–water partition coefficient (Wildman–Crippen LogP) is 9.33. The van der Waals surface area contributed by atoms with E-state index in [0.29, 0.717) is 34.3 Å². The van der Waals surface area contributed by atoms with Gasteiger partial charge in [0.25, 0.3) is 0 Å². The van der Waals surface area contributed by atoms with Crippen LogP contribution in [0.5, 0.6) is 0 Å². The first-order valence-electron chi connectivity index (χ1n) is 16.9. The molecule has 0 aliphatic carbocycles. The van der Waals surface area contributed by atoms with Crippen LogP contribution in [0, 0.1) is 25.7 Å². The van der Waals surface area contributed by atoms with E-state index < -0.39 is 0 Å². The zero-order valence-electron chi connectivity index (χ0n) is 29.2. The van der Waals surface area contributed by atoms with Gasteiger partial charge in [-0.1, -0.05) is 35.4 Å². The summed E-state index contributed by atoms with van der Waals surface area (Å²) in [5.74, 6) is 8.09. The summed E-state index contributed by atoms with van der Waals surface area (Å²) in [6.07, 6.45) is 3.05. The molecule has 0 fully saturated rings. The molecule has 4 aromatic carbocycles. The molecule has 4 heterocycles. The van der Waals surface area contributed by atoms with E-state index >= 15 is 0 Å². The SMILES string of the molecule is Cc1ccc2c(Nc3cc(C#Cc4ccc(Sc5ccc(N)cc5)c(Nc5ncnc6nc(C)ccc56)c4)ccc3Sc3ccc(N)cc3)ncnc2n1. The van der Waals surface area contributed by atoms with Gasteiger partial charge in [0.15, 0.2) is 11.3 Å². The number of nitrogens with two attached hydrogens (primary N) is 2. The maximum absolute atomic E-state index is 5.96. The topological polar surface area (TPSA) is 153 Å². The van der Waals surface area contributed by atoms with Crippen LogP contribution in [0.25, 0.3) is 22.1 Å². The molecule has 8 rings (SSSR count). The third-order valence-electron chi connectivity index (χ3n) is 8.30. The van der Waals surface area contributed by atoms with E-state index in [-0.39, 0.29) is 0 Å². The number of rotatable bonds is 8. The normalized spacial score (nSPS) is 10.9. The van der Waals surface area contributed by atoms with E-state index in [1.807, 2.05) is 111 Å². The number of nitrogens with zero attached hydrogens (tertiary/aromatic N) is 6. The lowest BCUT2D eigenvalue weighted by molar-refractivity contribution is 1.15. The fraction of sp³-hybridized carbons (Fsp3) is 0.0476. The third-order valence-corrected chi connectivity index (χ3v) is 10.5. The first kappa shape index (κ1) is 34.4. The summed E-state index contributed by atoms with van der Waals surface area (Å²) in [5, 5.41) is 8.75. The predicted molar refractivity (Wildman–Crippen MR) is 220 cm³/mol. The quantitative estimate of drug-likeness (QED) is 0.0867. The van der Waals surface area contributed by atoms with Crippen molar-refractivity contribution >= 4 is 80.0 Å². The average Bonchev–Trinajstić information content (AvgIpc) is 3.17. The smallest absolute Gasteiger partial charge is 0.164 e. The summed E-state index contributed by atoms with van der Waals surface area (Å²) in [4.78, 5) is 31.2. The molecule has 4 aromatic heterocycles. The number of anilines is 6. The van der Waals surface area contributed by atoms with E-state index in [1.54, 1.807) is 23.5 Å². The van der Waals surface area contributed by atoms with E-state index in [0.717, 1.165) is 64.2 Å². The zero-order chi connectivity index (χ0) is 37.0. The van der Waals surface area contributed by atoms with Crippen LogP contribution in [-0.2, 0) is 0 Å². The third kappa shape index (κ3) is 7.88. The van der Waals surface area contributed by atoms with Crippen molar-refractivity contribution in [2.75, 3.05) is 22.1 Å². The van der Waals surface area contributed by atoms with Crippen LogP contribution < -0.4 is 22.1 Å². The summed E-state index contributed by atoms with van der Waals surface area (Å²) in [5.41, 5.74) is 19.7. The molecule has 0 atom stereocenters. The molecule has 0 unspecified atom stereocenters. The Balaban J connectivity index is 1.15. The maximum atomic E-state index is 5.96. The van der Waals surface area contributed by atoms with Crippen molar-refractivity contribution in [2.24, 2.45) is 0 Å². The van der Waals surface area contributed by atoms with Gasteiger partial charge in [0.1, 0.15) is 24.3 Å². The van der Waals surface area contributed by atoms with E-state index in [4.69, 9.17) is 11.5 Å². The van der Waals surface area contributed by atoms with Gasteiger partial charge in [-0.15, -0.1) is 0 Å². The van der Waals surface area contributed by atoms with Crippen molar-refractivity contribution in [1.82, 2.24) is 29.9 Å². The first-order valence-corrected chi connectivity index (χ1v) is 18.5. The van der Waals surface area contributed by atoms with Gasteiger partial charge in [-0.2, -0.15) is 0 Å². The van der Waals surface area contributed by atoms with Gasteiger partial charge in [0.2, 0.25) is 0 Å². The average molecular weight is 741 g/mol.